The molecule has 0 aliphatic heterocycles. The van der Waals surface area contributed by atoms with Gasteiger partial charge in [0, 0.05) is 11.1 Å². The van der Waals surface area contributed by atoms with Crippen molar-refractivity contribution in [3.63, 3.8) is 0 Å². The summed E-state index contributed by atoms with van der Waals surface area (Å²) in [6, 6.07) is 13.3. The molecule has 0 aliphatic rings. The molecule has 2 nitrogen and oxygen atoms in total. The first-order valence-electron chi connectivity index (χ1n) is 5.73. The predicted molar refractivity (Wildman–Crippen MR) is 71.5 cm³/mol. The molecule has 0 unspecified atom stereocenters. The van der Waals surface area contributed by atoms with Gasteiger partial charge in [-0.05, 0) is 42.7 Å². The van der Waals surface area contributed by atoms with Crippen LogP contribution < -0.4 is 0 Å². The highest BCUT2D eigenvalue weighted by atomic mass is 16.1. The summed E-state index contributed by atoms with van der Waals surface area (Å²) in [5.74, 6) is 0. The van der Waals surface area contributed by atoms with Crippen LogP contribution in [0, 0.1) is 25.2 Å². The Morgan fingerprint density at radius 3 is 2.33 bits per heavy atom. The maximum Gasteiger partial charge on any atom is 0.150 e. The molecule has 2 rings (SSSR count). The second kappa shape index (κ2) is 4.85. The van der Waals surface area contributed by atoms with E-state index in [4.69, 9.17) is 0 Å². The van der Waals surface area contributed by atoms with Crippen molar-refractivity contribution in [2.24, 2.45) is 0 Å². The number of hydrogen-bond acceptors (Lipinski definition) is 2. The molecule has 0 atom stereocenters. The SMILES string of the molecule is Cc1cccc(C)c1-c1cc(C=O)ccc1C#N. The largest absolute Gasteiger partial charge is 0.298 e. The molecular formula is C16H13NO. The average Bonchev–Trinajstić information content (AvgIpc) is 2.38. The van der Waals surface area contributed by atoms with Crippen LogP contribution in [0.2, 0.25) is 0 Å². The number of benzene rings is 2. The topological polar surface area (TPSA) is 40.9 Å². The third kappa shape index (κ3) is 2.03. The summed E-state index contributed by atoms with van der Waals surface area (Å²) in [5, 5.41) is 9.19. The van der Waals surface area contributed by atoms with Crippen molar-refractivity contribution in [2.45, 2.75) is 13.8 Å². The molecule has 2 aromatic rings. The summed E-state index contributed by atoms with van der Waals surface area (Å²) in [6.07, 6.45) is 0.804. The summed E-state index contributed by atoms with van der Waals surface area (Å²) in [5.41, 5.74) is 5.27. The predicted octanol–water partition coefficient (Wildman–Crippen LogP) is 3.65. The van der Waals surface area contributed by atoms with E-state index in [1.807, 2.05) is 32.0 Å². The summed E-state index contributed by atoms with van der Waals surface area (Å²) < 4.78 is 0. The Balaban J connectivity index is 2.77. The summed E-state index contributed by atoms with van der Waals surface area (Å²) in [7, 11) is 0. The van der Waals surface area contributed by atoms with Crippen LogP contribution in [0.25, 0.3) is 11.1 Å². The fourth-order valence-corrected chi connectivity index (χ4v) is 2.18. The lowest BCUT2D eigenvalue weighted by molar-refractivity contribution is 0.112. The molecule has 0 saturated heterocycles. The standard InChI is InChI=1S/C16H13NO/c1-11-4-3-5-12(2)16(11)15-8-13(10-18)6-7-14(15)9-17/h3-8,10H,1-2H3. The first-order valence-corrected chi connectivity index (χ1v) is 5.73. The number of aryl methyl sites for hydroxylation is 2. The van der Waals surface area contributed by atoms with E-state index in [9.17, 15) is 10.1 Å². The molecule has 2 aromatic carbocycles. The Bertz CT molecular complexity index is 630. The zero-order valence-electron chi connectivity index (χ0n) is 10.4. The van der Waals surface area contributed by atoms with Crippen LogP contribution in [-0.2, 0) is 0 Å². The van der Waals surface area contributed by atoms with Crippen molar-refractivity contribution in [3.05, 3.63) is 58.7 Å². The van der Waals surface area contributed by atoms with Crippen LogP contribution in [-0.4, -0.2) is 6.29 Å². The molecule has 18 heavy (non-hydrogen) atoms. The van der Waals surface area contributed by atoms with E-state index < -0.39 is 0 Å². The Morgan fingerprint density at radius 2 is 1.78 bits per heavy atom. The molecule has 0 aliphatic carbocycles. The Labute approximate surface area is 107 Å². The smallest absolute Gasteiger partial charge is 0.150 e. The third-order valence-electron chi connectivity index (χ3n) is 3.05. The van der Waals surface area contributed by atoms with E-state index in [0.717, 1.165) is 28.5 Å². The van der Waals surface area contributed by atoms with E-state index in [1.165, 1.54) is 0 Å². The summed E-state index contributed by atoms with van der Waals surface area (Å²) in [6.45, 7) is 4.02. The van der Waals surface area contributed by atoms with Crippen molar-refractivity contribution in [2.75, 3.05) is 0 Å². The molecular weight excluding hydrogens is 222 g/mol. The van der Waals surface area contributed by atoms with Crippen molar-refractivity contribution in [3.8, 4) is 17.2 Å². The molecule has 0 aromatic heterocycles. The van der Waals surface area contributed by atoms with Gasteiger partial charge < -0.3 is 0 Å². The Hall–Kier alpha value is -2.40. The van der Waals surface area contributed by atoms with Crippen LogP contribution in [0.1, 0.15) is 27.0 Å². The van der Waals surface area contributed by atoms with Crippen LogP contribution in [0.4, 0.5) is 0 Å². The molecule has 0 heterocycles. The fraction of sp³-hybridized carbons (Fsp3) is 0.125. The van der Waals surface area contributed by atoms with Gasteiger partial charge in [-0.2, -0.15) is 5.26 Å². The average molecular weight is 235 g/mol. The lowest BCUT2D eigenvalue weighted by Gasteiger charge is -2.11. The van der Waals surface area contributed by atoms with Gasteiger partial charge in [0.25, 0.3) is 0 Å². The molecule has 0 fully saturated rings. The zero-order valence-corrected chi connectivity index (χ0v) is 10.4. The van der Waals surface area contributed by atoms with Gasteiger partial charge in [-0.1, -0.05) is 24.3 Å². The highest BCUT2D eigenvalue weighted by molar-refractivity contribution is 5.83. The second-order valence-electron chi connectivity index (χ2n) is 4.30. The van der Waals surface area contributed by atoms with Gasteiger partial charge >= 0.3 is 0 Å². The number of carbonyl (C=O) groups excluding carboxylic acids is 1. The van der Waals surface area contributed by atoms with Crippen molar-refractivity contribution in [1.29, 1.82) is 5.26 Å². The molecule has 0 saturated carbocycles. The first-order chi connectivity index (χ1) is 8.67. The van der Waals surface area contributed by atoms with E-state index >= 15 is 0 Å². The Kier molecular flexibility index (Phi) is 3.25. The van der Waals surface area contributed by atoms with Gasteiger partial charge in [0.05, 0.1) is 11.6 Å². The van der Waals surface area contributed by atoms with Crippen LogP contribution >= 0.6 is 0 Å². The zero-order chi connectivity index (χ0) is 13.1. The van der Waals surface area contributed by atoms with Crippen molar-refractivity contribution in [1.82, 2.24) is 0 Å². The molecule has 0 amide bonds. The molecule has 0 bridgehead atoms. The minimum atomic E-state index is 0.589. The number of carbonyl (C=O) groups is 1. The number of nitriles is 1. The van der Waals surface area contributed by atoms with Crippen molar-refractivity contribution >= 4 is 6.29 Å². The quantitative estimate of drug-likeness (QED) is 0.745. The van der Waals surface area contributed by atoms with Crippen LogP contribution in [0.3, 0.4) is 0 Å². The first kappa shape index (κ1) is 12.1. The van der Waals surface area contributed by atoms with E-state index in [1.54, 1.807) is 18.2 Å². The molecule has 0 spiro atoms. The number of hydrogen-bond donors (Lipinski definition) is 0. The minimum absolute atomic E-state index is 0.589. The molecule has 88 valence electrons. The number of aldehydes is 1. The Morgan fingerprint density at radius 1 is 1.11 bits per heavy atom. The van der Waals surface area contributed by atoms with E-state index in [0.29, 0.717) is 11.1 Å². The fourth-order valence-electron chi connectivity index (χ4n) is 2.18. The lowest BCUT2D eigenvalue weighted by atomic mass is 9.91. The van der Waals surface area contributed by atoms with Gasteiger partial charge in [-0.15, -0.1) is 0 Å². The highest BCUT2D eigenvalue weighted by Crippen LogP contribution is 2.30. The monoisotopic (exact) mass is 235 g/mol. The number of nitrogens with zero attached hydrogens (tertiary/aromatic N) is 1. The minimum Gasteiger partial charge on any atom is -0.298 e. The van der Waals surface area contributed by atoms with Crippen molar-refractivity contribution < 1.29 is 4.79 Å². The van der Waals surface area contributed by atoms with Crippen LogP contribution in [0.15, 0.2) is 36.4 Å². The third-order valence-corrected chi connectivity index (χ3v) is 3.05. The van der Waals surface area contributed by atoms with Gasteiger partial charge in [-0.25, -0.2) is 0 Å². The van der Waals surface area contributed by atoms with E-state index in [2.05, 4.69) is 6.07 Å². The van der Waals surface area contributed by atoms with Gasteiger partial charge in [0.15, 0.2) is 0 Å². The lowest BCUT2D eigenvalue weighted by Crippen LogP contribution is -1.93. The van der Waals surface area contributed by atoms with Gasteiger partial charge in [0.2, 0.25) is 0 Å². The summed E-state index contributed by atoms with van der Waals surface area (Å²) >= 11 is 0. The highest BCUT2D eigenvalue weighted by Gasteiger charge is 2.10. The normalized spacial score (nSPS) is 9.83. The van der Waals surface area contributed by atoms with E-state index in [-0.39, 0.29) is 0 Å². The maximum atomic E-state index is 10.9. The van der Waals surface area contributed by atoms with Gasteiger partial charge in [-0.3, -0.25) is 4.79 Å². The summed E-state index contributed by atoms with van der Waals surface area (Å²) in [4.78, 5) is 10.9. The van der Waals surface area contributed by atoms with Crippen LogP contribution in [0.5, 0.6) is 0 Å². The molecule has 2 heteroatoms. The maximum absolute atomic E-state index is 10.9. The molecule has 0 N–H and O–H groups in total. The molecule has 0 radical (unpaired) electrons. The van der Waals surface area contributed by atoms with Gasteiger partial charge in [0.1, 0.15) is 6.29 Å². The number of rotatable bonds is 2. The second-order valence-corrected chi connectivity index (χ2v) is 4.30.